The number of allylic oxidation sites excluding steroid dienone is 2. The van der Waals surface area contributed by atoms with Gasteiger partial charge in [0.1, 0.15) is 0 Å². The number of aryl methyl sites for hydroxylation is 1. The number of aliphatic hydroxyl groups excluding tert-OH is 1. The summed E-state index contributed by atoms with van der Waals surface area (Å²) in [5.74, 6) is 0.0675. The molecule has 33 heavy (non-hydrogen) atoms. The summed E-state index contributed by atoms with van der Waals surface area (Å²) in [5.41, 5.74) is 1.27. The molecule has 1 heterocycles. The molecule has 5 atom stereocenters. The Bertz CT molecular complexity index is 724. The zero-order valence-corrected chi connectivity index (χ0v) is 20.1. The quantitative estimate of drug-likeness (QED) is 0.202. The lowest BCUT2D eigenvalue weighted by Crippen LogP contribution is -2.37. The van der Waals surface area contributed by atoms with E-state index in [2.05, 4.69) is 31.2 Å². The fraction of sp³-hybridized carbons (Fsp3) is 0.667. The van der Waals surface area contributed by atoms with Gasteiger partial charge in [-0.2, -0.15) is 0 Å². The second-order valence-electron chi connectivity index (χ2n) is 9.73. The van der Waals surface area contributed by atoms with E-state index in [1.165, 1.54) is 5.56 Å². The standard InChI is InChI=1S/C27H41BO5/c1-2-3-19-28-32-25-20-26(33-28)24(23(25)13-9-4-5-10-14-27(30)31)18-17-22(29)16-15-21-11-7-6-8-12-21/h4,6-9,11-12,22-26,29H,2-3,5,10,13-20H2,1H3,(H,30,31)/b9-4-/t22-,23+,24+,25-,26+/m0/s1. The highest BCUT2D eigenvalue weighted by Gasteiger charge is 2.49. The molecule has 1 aliphatic carbocycles. The molecule has 182 valence electrons. The van der Waals surface area contributed by atoms with Gasteiger partial charge in [-0.1, -0.05) is 62.2 Å². The lowest BCUT2D eigenvalue weighted by atomic mass is 9.80. The first kappa shape index (κ1) is 26.0. The van der Waals surface area contributed by atoms with Gasteiger partial charge in [0, 0.05) is 18.6 Å². The maximum absolute atomic E-state index is 10.7. The molecule has 2 N–H and O–H groups in total. The second kappa shape index (κ2) is 13.9. The molecule has 0 aromatic heterocycles. The number of benzene rings is 1. The number of aliphatic hydroxyl groups is 1. The van der Waals surface area contributed by atoms with Crippen molar-refractivity contribution in [2.45, 2.75) is 102 Å². The highest BCUT2D eigenvalue weighted by molar-refractivity contribution is 6.44. The summed E-state index contributed by atoms with van der Waals surface area (Å²) in [6.07, 6.45) is 14.7. The third-order valence-corrected chi connectivity index (χ3v) is 7.19. The number of aliphatic carboxylic acids is 1. The Hall–Kier alpha value is -1.63. The van der Waals surface area contributed by atoms with Gasteiger partial charge in [-0.05, 0) is 75.1 Å². The van der Waals surface area contributed by atoms with Crippen molar-refractivity contribution >= 4 is 13.1 Å². The predicted octanol–water partition coefficient (Wildman–Crippen LogP) is 5.67. The topological polar surface area (TPSA) is 76.0 Å². The van der Waals surface area contributed by atoms with Crippen molar-refractivity contribution in [3.05, 3.63) is 48.0 Å². The normalized spacial score (nSPS) is 25.6. The van der Waals surface area contributed by atoms with Gasteiger partial charge in [-0.3, -0.25) is 4.79 Å². The molecule has 1 aromatic rings. The Labute approximate surface area is 199 Å². The molecule has 1 saturated heterocycles. The smallest absolute Gasteiger partial charge is 0.457 e. The molecule has 2 bridgehead atoms. The fourth-order valence-corrected chi connectivity index (χ4v) is 5.35. The summed E-state index contributed by atoms with van der Waals surface area (Å²) < 4.78 is 12.7. The molecule has 0 spiro atoms. The molecule has 2 aliphatic rings. The fourth-order valence-electron chi connectivity index (χ4n) is 5.35. The Morgan fingerprint density at radius 1 is 1.12 bits per heavy atom. The molecule has 6 heteroatoms. The average Bonchev–Trinajstić information content (AvgIpc) is 3.06. The SMILES string of the molecule is CCCCB1O[C@H]2C[C@@H](O1)[C@H](CC[C@@H](O)CCc1ccccc1)[C@H]2C/C=C\CCCC(=O)O. The third kappa shape index (κ3) is 8.58. The van der Waals surface area contributed by atoms with Gasteiger partial charge in [0.15, 0.2) is 0 Å². The summed E-state index contributed by atoms with van der Waals surface area (Å²) in [5, 5.41) is 19.4. The van der Waals surface area contributed by atoms with Crippen LogP contribution in [0.15, 0.2) is 42.5 Å². The van der Waals surface area contributed by atoms with E-state index >= 15 is 0 Å². The monoisotopic (exact) mass is 456 g/mol. The molecule has 3 rings (SSSR count). The largest absolute Gasteiger partial charge is 0.481 e. The minimum absolute atomic E-state index is 0.0937. The number of hydrogen-bond donors (Lipinski definition) is 2. The molecule has 1 aromatic carbocycles. The van der Waals surface area contributed by atoms with E-state index in [1.54, 1.807) is 0 Å². The van der Waals surface area contributed by atoms with Gasteiger partial charge in [0.05, 0.1) is 6.10 Å². The van der Waals surface area contributed by atoms with Crippen LogP contribution in [0, 0.1) is 11.8 Å². The first-order valence-corrected chi connectivity index (χ1v) is 13.0. The highest BCUT2D eigenvalue weighted by atomic mass is 16.6. The van der Waals surface area contributed by atoms with Crippen LogP contribution in [0.1, 0.15) is 76.7 Å². The summed E-state index contributed by atoms with van der Waals surface area (Å²) >= 11 is 0. The number of carboxylic acid groups (broad SMARTS) is 1. The van der Waals surface area contributed by atoms with Crippen molar-refractivity contribution in [2.75, 3.05) is 0 Å². The van der Waals surface area contributed by atoms with E-state index in [1.807, 2.05) is 18.2 Å². The summed E-state index contributed by atoms with van der Waals surface area (Å²) in [6.45, 7) is 2.19. The molecule has 5 nitrogen and oxygen atoms in total. The molecule has 2 fully saturated rings. The molecule has 1 aliphatic heterocycles. The molecule has 0 radical (unpaired) electrons. The number of rotatable bonds is 15. The average molecular weight is 456 g/mol. The zero-order chi connectivity index (χ0) is 23.5. The van der Waals surface area contributed by atoms with Gasteiger partial charge in [0.25, 0.3) is 0 Å². The van der Waals surface area contributed by atoms with E-state index in [-0.39, 0.29) is 31.9 Å². The Balaban J connectivity index is 1.52. The maximum Gasteiger partial charge on any atom is 0.457 e. The van der Waals surface area contributed by atoms with Crippen LogP contribution in [-0.2, 0) is 20.5 Å². The van der Waals surface area contributed by atoms with Gasteiger partial charge in [-0.25, -0.2) is 0 Å². The summed E-state index contributed by atoms with van der Waals surface area (Å²) in [4.78, 5) is 10.7. The summed E-state index contributed by atoms with van der Waals surface area (Å²) in [7, 11) is -0.0937. The van der Waals surface area contributed by atoms with Crippen molar-refractivity contribution in [1.82, 2.24) is 0 Å². The van der Waals surface area contributed by atoms with E-state index in [9.17, 15) is 9.90 Å². The van der Waals surface area contributed by atoms with Crippen LogP contribution in [0.5, 0.6) is 0 Å². The first-order valence-electron chi connectivity index (χ1n) is 13.0. The Morgan fingerprint density at radius 3 is 2.61 bits per heavy atom. The lowest BCUT2D eigenvalue weighted by molar-refractivity contribution is -0.137. The maximum atomic E-state index is 10.7. The summed E-state index contributed by atoms with van der Waals surface area (Å²) in [6, 6.07) is 10.4. The second-order valence-corrected chi connectivity index (χ2v) is 9.73. The van der Waals surface area contributed by atoms with Crippen molar-refractivity contribution in [3.63, 3.8) is 0 Å². The van der Waals surface area contributed by atoms with Crippen LogP contribution in [0.4, 0.5) is 0 Å². The van der Waals surface area contributed by atoms with Crippen LogP contribution in [0.3, 0.4) is 0 Å². The molecule has 0 amide bonds. The lowest BCUT2D eigenvalue weighted by Gasteiger charge is -2.28. The zero-order valence-electron chi connectivity index (χ0n) is 20.1. The van der Waals surface area contributed by atoms with Crippen molar-refractivity contribution < 1.29 is 24.3 Å². The van der Waals surface area contributed by atoms with E-state index in [4.69, 9.17) is 14.4 Å². The van der Waals surface area contributed by atoms with Crippen LogP contribution < -0.4 is 0 Å². The minimum atomic E-state index is -0.734. The van der Waals surface area contributed by atoms with Crippen LogP contribution >= 0.6 is 0 Å². The van der Waals surface area contributed by atoms with E-state index in [0.717, 1.165) is 64.1 Å². The van der Waals surface area contributed by atoms with E-state index < -0.39 is 5.97 Å². The number of fused-ring (bicyclic) bond motifs is 2. The Kier molecular flexibility index (Phi) is 11.0. The van der Waals surface area contributed by atoms with Gasteiger partial charge in [-0.15, -0.1) is 0 Å². The van der Waals surface area contributed by atoms with Crippen molar-refractivity contribution in [1.29, 1.82) is 0 Å². The van der Waals surface area contributed by atoms with Crippen molar-refractivity contribution in [2.24, 2.45) is 11.8 Å². The van der Waals surface area contributed by atoms with Crippen LogP contribution in [-0.4, -0.2) is 41.6 Å². The van der Waals surface area contributed by atoms with E-state index in [0.29, 0.717) is 18.3 Å². The number of unbranched alkanes of at least 4 members (excludes halogenated alkanes) is 2. The molecule has 1 saturated carbocycles. The van der Waals surface area contributed by atoms with Gasteiger partial charge < -0.3 is 19.5 Å². The number of hydrogen-bond acceptors (Lipinski definition) is 4. The third-order valence-electron chi connectivity index (χ3n) is 7.19. The molecular formula is C27H41BO5. The molecular weight excluding hydrogens is 415 g/mol. The van der Waals surface area contributed by atoms with Gasteiger partial charge >= 0.3 is 13.1 Å². The Morgan fingerprint density at radius 2 is 1.88 bits per heavy atom. The molecule has 0 unspecified atom stereocenters. The van der Waals surface area contributed by atoms with Crippen LogP contribution in [0.2, 0.25) is 6.32 Å². The first-order chi connectivity index (χ1) is 16.1. The minimum Gasteiger partial charge on any atom is -0.481 e. The van der Waals surface area contributed by atoms with Crippen LogP contribution in [0.25, 0.3) is 0 Å². The van der Waals surface area contributed by atoms with Crippen molar-refractivity contribution in [3.8, 4) is 0 Å². The number of carbonyl (C=O) groups is 1. The highest BCUT2D eigenvalue weighted by Crippen LogP contribution is 2.45. The number of carboxylic acids is 1. The predicted molar refractivity (Wildman–Crippen MR) is 132 cm³/mol. The van der Waals surface area contributed by atoms with Gasteiger partial charge in [0.2, 0.25) is 0 Å².